The van der Waals surface area contributed by atoms with E-state index in [1.54, 1.807) is 19.2 Å². The van der Waals surface area contributed by atoms with Gasteiger partial charge in [0.2, 0.25) is 0 Å². The summed E-state index contributed by atoms with van der Waals surface area (Å²) < 4.78 is 16.2. The van der Waals surface area contributed by atoms with Crippen LogP contribution in [0.25, 0.3) is 17.0 Å². The Bertz CT molecular complexity index is 710. The first kappa shape index (κ1) is 15.3. The zero-order chi connectivity index (χ0) is 15.5. The van der Waals surface area contributed by atoms with Crippen LogP contribution in [0.15, 0.2) is 39.6 Å². The molecule has 0 saturated heterocycles. The molecule has 0 N–H and O–H groups in total. The van der Waals surface area contributed by atoms with E-state index in [4.69, 9.17) is 13.9 Å². The number of methoxy groups -OCH3 is 1. The molecule has 0 aliphatic carbocycles. The maximum absolute atomic E-state index is 11.3. The molecule has 0 aliphatic rings. The maximum Gasteiger partial charge on any atom is 0.336 e. The second-order valence-corrected chi connectivity index (χ2v) is 5.26. The summed E-state index contributed by atoms with van der Waals surface area (Å²) in [4.78, 5) is 11.3. The second kappa shape index (κ2) is 6.14. The zero-order valence-electron chi connectivity index (χ0n) is 12.8. The summed E-state index contributed by atoms with van der Waals surface area (Å²) in [5, 5.41) is 0.851. The van der Waals surface area contributed by atoms with Gasteiger partial charge in [-0.05, 0) is 32.9 Å². The minimum atomic E-state index is -0.370. The van der Waals surface area contributed by atoms with Gasteiger partial charge in [0.25, 0.3) is 0 Å². The number of hydrogen-bond donors (Lipinski definition) is 0. The molecule has 0 radical (unpaired) electrons. The first-order chi connectivity index (χ1) is 9.95. The van der Waals surface area contributed by atoms with Crippen LogP contribution in [-0.2, 0) is 4.74 Å². The van der Waals surface area contributed by atoms with Gasteiger partial charge in [0.15, 0.2) is 0 Å². The Morgan fingerprint density at radius 3 is 2.71 bits per heavy atom. The third kappa shape index (κ3) is 3.73. The van der Waals surface area contributed by atoms with E-state index in [2.05, 4.69) is 0 Å². The van der Waals surface area contributed by atoms with Gasteiger partial charge in [0.1, 0.15) is 11.3 Å². The maximum atomic E-state index is 11.3. The van der Waals surface area contributed by atoms with Gasteiger partial charge in [-0.3, -0.25) is 0 Å². The molecule has 4 heteroatoms. The van der Waals surface area contributed by atoms with Crippen molar-refractivity contribution in [2.24, 2.45) is 0 Å². The molecule has 0 bridgehead atoms. The van der Waals surface area contributed by atoms with E-state index in [0.717, 1.165) is 10.9 Å². The molecule has 112 valence electrons. The summed E-state index contributed by atoms with van der Waals surface area (Å²) in [6.07, 6.45) is 3.94. The summed E-state index contributed by atoms with van der Waals surface area (Å²) in [6.45, 7) is 6.62. The SMILES string of the molecule is CCOC(C)(C)/C=C/c1cc2ccc(=O)oc2cc1OC. The quantitative estimate of drug-likeness (QED) is 0.788. The molecule has 2 rings (SSSR count). The van der Waals surface area contributed by atoms with Crippen LogP contribution in [0.2, 0.25) is 0 Å². The number of rotatable bonds is 5. The van der Waals surface area contributed by atoms with Crippen molar-refractivity contribution < 1.29 is 13.9 Å². The normalized spacial score (nSPS) is 12.2. The molecular weight excluding hydrogens is 268 g/mol. The Labute approximate surface area is 124 Å². The zero-order valence-corrected chi connectivity index (χ0v) is 12.8. The minimum absolute atomic E-state index is 0.349. The van der Waals surface area contributed by atoms with Crippen molar-refractivity contribution >= 4 is 17.0 Å². The van der Waals surface area contributed by atoms with Crippen molar-refractivity contribution in [3.8, 4) is 5.75 Å². The lowest BCUT2D eigenvalue weighted by Gasteiger charge is -2.20. The van der Waals surface area contributed by atoms with Crippen molar-refractivity contribution in [1.29, 1.82) is 0 Å². The number of fused-ring (bicyclic) bond motifs is 1. The van der Waals surface area contributed by atoms with E-state index in [-0.39, 0.29) is 11.2 Å². The molecule has 0 spiro atoms. The number of benzene rings is 1. The summed E-state index contributed by atoms with van der Waals surface area (Å²) in [6, 6.07) is 6.80. The molecule has 1 heterocycles. The molecule has 0 amide bonds. The van der Waals surface area contributed by atoms with Crippen LogP contribution in [0, 0.1) is 0 Å². The highest BCUT2D eigenvalue weighted by Crippen LogP contribution is 2.27. The molecule has 21 heavy (non-hydrogen) atoms. The first-order valence-corrected chi connectivity index (χ1v) is 6.90. The van der Waals surface area contributed by atoms with Gasteiger partial charge >= 0.3 is 5.63 Å². The fourth-order valence-electron chi connectivity index (χ4n) is 2.13. The highest BCUT2D eigenvalue weighted by molar-refractivity contribution is 5.82. The van der Waals surface area contributed by atoms with Crippen LogP contribution in [0.1, 0.15) is 26.3 Å². The Kier molecular flexibility index (Phi) is 4.48. The summed E-state index contributed by atoms with van der Waals surface area (Å²) in [5.41, 5.74) is 0.704. The van der Waals surface area contributed by atoms with Crippen LogP contribution in [0.4, 0.5) is 0 Å². The molecular formula is C17H20O4. The predicted molar refractivity (Wildman–Crippen MR) is 83.8 cm³/mol. The molecule has 1 aromatic heterocycles. The van der Waals surface area contributed by atoms with Crippen molar-refractivity contribution in [3.63, 3.8) is 0 Å². The van der Waals surface area contributed by atoms with Gasteiger partial charge < -0.3 is 13.9 Å². The van der Waals surface area contributed by atoms with E-state index in [1.165, 1.54) is 6.07 Å². The van der Waals surface area contributed by atoms with Crippen LogP contribution in [0.5, 0.6) is 5.75 Å². The minimum Gasteiger partial charge on any atom is -0.496 e. The van der Waals surface area contributed by atoms with Gasteiger partial charge in [-0.15, -0.1) is 0 Å². The average Bonchev–Trinajstić information content (AvgIpc) is 2.44. The molecule has 4 nitrogen and oxygen atoms in total. The Balaban J connectivity index is 2.45. The number of hydrogen-bond acceptors (Lipinski definition) is 4. The van der Waals surface area contributed by atoms with E-state index >= 15 is 0 Å². The highest BCUT2D eigenvalue weighted by atomic mass is 16.5. The molecule has 0 unspecified atom stereocenters. The fraction of sp³-hybridized carbons (Fsp3) is 0.353. The molecule has 0 saturated carbocycles. The molecule has 1 aromatic carbocycles. The lowest BCUT2D eigenvalue weighted by molar-refractivity contribution is 0.0291. The van der Waals surface area contributed by atoms with E-state index in [9.17, 15) is 4.79 Å². The van der Waals surface area contributed by atoms with Crippen LogP contribution < -0.4 is 10.4 Å². The molecule has 0 fully saturated rings. The van der Waals surface area contributed by atoms with Gasteiger partial charge in [0, 0.05) is 29.7 Å². The number of ether oxygens (including phenoxy) is 2. The third-order valence-electron chi connectivity index (χ3n) is 3.15. The summed E-state index contributed by atoms with van der Waals surface area (Å²) in [5.74, 6) is 0.653. The topological polar surface area (TPSA) is 48.7 Å². The first-order valence-electron chi connectivity index (χ1n) is 6.90. The van der Waals surface area contributed by atoms with E-state index in [0.29, 0.717) is 17.9 Å². The van der Waals surface area contributed by atoms with Gasteiger partial charge in [-0.25, -0.2) is 4.79 Å². The van der Waals surface area contributed by atoms with Gasteiger partial charge in [0.05, 0.1) is 12.7 Å². The summed E-state index contributed by atoms with van der Waals surface area (Å²) >= 11 is 0. The highest BCUT2D eigenvalue weighted by Gasteiger charge is 2.13. The predicted octanol–water partition coefficient (Wildman–Crippen LogP) is 3.63. The lowest BCUT2D eigenvalue weighted by Crippen LogP contribution is -2.20. The average molecular weight is 288 g/mol. The Hall–Kier alpha value is -2.07. The van der Waals surface area contributed by atoms with Crippen LogP contribution >= 0.6 is 0 Å². The Morgan fingerprint density at radius 1 is 1.29 bits per heavy atom. The van der Waals surface area contributed by atoms with Crippen LogP contribution in [-0.4, -0.2) is 19.3 Å². The smallest absolute Gasteiger partial charge is 0.336 e. The fourth-order valence-corrected chi connectivity index (χ4v) is 2.13. The Morgan fingerprint density at radius 2 is 2.05 bits per heavy atom. The van der Waals surface area contributed by atoms with E-state index in [1.807, 2.05) is 39.0 Å². The standard InChI is InChI=1S/C17H20O4/c1-5-20-17(2,3)9-8-13-10-12-6-7-16(18)21-15(12)11-14(13)19-4/h6-11H,5H2,1-4H3/b9-8+. The molecule has 2 aromatic rings. The van der Waals surface area contributed by atoms with E-state index < -0.39 is 0 Å². The summed E-state index contributed by atoms with van der Waals surface area (Å²) in [7, 11) is 1.59. The monoisotopic (exact) mass is 288 g/mol. The van der Waals surface area contributed by atoms with Crippen molar-refractivity contribution in [2.75, 3.05) is 13.7 Å². The van der Waals surface area contributed by atoms with Gasteiger partial charge in [-0.1, -0.05) is 12.2 Å². The van der Waals surface area contributed by atoms with Crippen molar-refractivity contribution in [1.82, 2.24) is 0 Å². The molecule has 0 aliphatic heterocycles. The van der Waals surface area contributed by atoms with Gasteiger partial charge in [-0.2, -0.15) is 0 Å². The third-order valence-corrected chi connectivity index (χ3v) is 3.15. The van der Waals surface area contributed by atoms with Crippen LogP contribution in [0.3, 0.4) is 0 Å². The second-order valence-electron chi connectivity index (χ2n) is 5.26. The lowest BCUT2D eigenvalue weighted by atomic mass is 10.0. The van der Waals surface area contributed by atoms with Crippen molar-refractivity contribution in [3.05, 3.63) is 46.3 Å². The molecule has 0 atom stereocenters. The van der Waals surface area contributed by atoms with Crippen molar-refractivity contribution in [2.45, 2.75) is 26.4 Å². The largest absolute Gasteiger partial charge is 0.496 e.